The van der Waals surface area contributed by atoms with Gasteiger partial charge in [-0.2, -0.15) is 4.98 Å². The zero-order chi connectivity index (χ0) is 14.7. The number of nitrogens with two attached hydrogens (primary N) is 1. The number of benzene rings is 1. The first-order valence-electron chi connectivity index (χ1n) is 5.85. The minimum absolute atomic E-state index is 0.0505. The number of halogens is 2. The highest BCUT2D eigenvalue weighted by atomic mass is 35.5. The number of nitrogens with zero attached hydrogens (tertiary/aromatic N) is 3. The second kappa shape index (κ2) is 6.21. The van der Waals surface area contributed by atoms with Crippen LogP contribution in [0.25, 0.3) is 11.3 Å². The maximum Gasteiger partial charge on any atom is 0.245 e. The molecule has 0 saturated heterocycles. The van der Waals surface area contributed by atoms with Gasteiger partial charge in [-0.1, -0.05) is 35.3 Å². The quantitative estimate of drug-likeness (QED) is 0.800. The zero-order valence-corrected chi connectivity index (χ0v) is 12.2. The third-order valence-electron chi connectivity index (χ3n) is 2.57. The maximum absolute atomic E-state index is 8.96. The van der Waals surface area contributed by atoms with Crippen LogP contribution >= 0.6 is 23.2 Å². The number of hydrogen-bond acceptors (Lipinski definition) is 6. The third-order valence-corrected chi connectivity index (χ3v) is 3.39. The summed E-state index contributed by atoms with van der Waals surface area (Å²) >= 11 is 12.1. The maximum atomic E-state index is 8.96. The van der Waals surface area contributed by atoms with E-state index in [0.717, 1.165) is 0 Å². The van der Waals surface area contributed by atoms with E-state index in [1.54, 1.807) is 25.1 Å². The van der Waals surface area contributed by atoms with E-state index in [9.17, 15) is 0 Å². The fourth-order valence-corrected chi connectivity index (χ4v) is 1.93. The molecule has 2 aromatic rings. The van der Waals surface area contributed by atoms with Gasteiger partial charge >= 0.3 is 0 Å². The van der Waals surface area contributed by atoms with Gasteiger partial charge in [0.15, 0.2) is 5.82 Å². The molecule has 20 heavy (non-hydrogen) atoms. The van der Waals surface area contributed by atoms with Gasteiger partial charge in [-0.3, -0.25) is 0 Å². The lowest BCUT2D eigenvalue weighted by Gasteiger charge is -2.12. The van der Waals surface area contributed by atoms with Crippen LogP contribution in [0.3, 0.4) is 0 Å². The van der Waals surface area contributed by atoms with Crippen LogP contribution in [-0.4, -0.2) is 32.9 Å². The second-order valence-electron chi connectivity index (χ2n) is 4.20. The monoisotopic (exact) mass is 313 g/mol. The van der Waals surface area contributed by atoms with E-state index in [2.05, 4.69) is 20.5 Å². The number of nitrogen functional groups attached to an aromatic ring is 1. The SMILES string of the molecule is CC(CO)Nc1nnc(-c2cccc(Cl)c2Cl)c(N)n1. The van der Waals surface area contributed by atoms with Crippen molar-refractivity contribution in [2.45, 2.75) is 13.0 Å². The smallest absolute Gasteiger partial charge is 0.245 e. The lowest BCUT2D eigenvalue weighted by molar-refractivity contribution is 0.281. The molecule has 0 saturated carbocycles. The van der Waals surface area contributed by atoms with Crippen LogP contribution in [0, 0.1) is 0 Å². The molecule has 4 N–H and O–H groups in total. The lowest BCUT2D eigenvalue weighted by atomic mass is 10.1. The number of hydrogen-bond donors (Lipinski definition) is 3. The minimum Gasteiger partial charge on any atom is -0.394 e. The van der Waals surface area contributed by atoms with Gasteiger partial charge in [0.25, 0.3) is 0 Å². The summed E-state index contributed by atoms with van der Waals surface area (Å²) in [6, 6.07) is 4.95. The second-order valence-corrected chi connectivity index (χ2v) is 4.98. The van der Waals surface area contributed by atoms with Crippen LogP contribution in [0.5, 0.6) is 0 Å². The molecule has 1 heterocycles. The first kappa shape index (κ1) is 14.8. The van der Waals surface area contributed by atoms with Gasteiger partial charge in [-0.05, 0) is 13.0 Å². The van der Waals surface area contributed by atoms with Gasteiger partial charge in [-0.25, -0.2) is 0 Å². The van der Waals surface area contributed by atoms with E-state index in [1.807, 2.05) is 0 Å². The summed E-state index contributed by atoms with van der Waals surface area (Å²) in [5, 5.41) is 20.5. The number of aromatic nitrogens is 3. The molecule has 1 aromatic heterocycles. The molecule has 0 fully saturated rings. The van der Waals surface area contributed by atoms with Crippen molar-refractivity contribution in [1.82, 2.24) is 15.2 Å². The Bertz CT molecular complexity index is 623. The molecule has 1 aromatic carbocycles. The predicted molar refractivity (Wildman–Crippen MR) is 79.9 cm³/mol. The van der Waals surface area contributed by atoms with Crippen molar-refractivity contribution in [3.63, 3.8) is 0 Å². The Morgan fingerprint density at radius 2 is 2.10 bits per heavy atom. The number of aliphatic hydroxyl groups is 1. The van der Waals surface area contributed by atoms with Crippen molar-refractivity contribution in [2.24, 2.45) is 0 Å². The first-order chi connectivity index (χ1) is 9.52. The zero-order valence-electron chi connectivity index (χ0n) is 10.6. The van der Waals surface area contributed by atoms with E-state index >= 15 is 0 Å². The molecule has 0 bridgehead atoms. The van der Waals surface area contributed by atoms with Gasteiger partial charge in [0.05, 0.1) is 16.7 Å². The van der Waals surface area contributed by atoms with Crippen LogP contribution in [0.2, 0.25) is 10.0 Å². The fourth-order valence-electron chi connectivity index (χ4n) is 1.54. The lowest BCUT2D eigenvalue weighted by Crippen LogP contribution is -2.21. The summed E-state index contributed by atoms with van der Waals surface area (Å²) in [6.45, 7) is 1.73. The average molecular weight is 314 g/mol. The summed E-state index contributed by atoms with van der Waals surface area (Å²) < 4.78 is 0. The standard InChI is InChI=1S/C12H13Cl2N5O/c1-6(5-20)16-12-17-11(15)10(18-19-12)7-3-2-4-8(13)9(7)14/h2-4,6,20H,5H2,1H3,(H3,15,16,17,19). The Morgan fingerprint density at radius 1 is 1.35 bits per heavy atom. The molecular formula is C12H13Cl2N5O. The first-order valence-corrected chi connectivity index (χ1v) is 6.60. The Labute approximate surface area is 126 Å². The predicted octanol–water partition coefficient (Wildman–Crippen LogP) is 2.22. The molecule has 0 amide bonds. The highest BCUT2D eigenvalue weighted by Crippen LogP contribution is 2.34. The van der Waals surface area contributed by atoms with Crippen LogP contribution in [0.1, 0.15) is 6.92 Å². The molecule has 0 spiro atoms. The van der Waals surface area contributed by atoms with Gasteiger partial charge < -0.3 is 16.2 Å². The summed E-state index contributed by atoms with van der Waals surface area (Å²) in [5.41, 5.74) is 6.80. The molecule has 6 nitrogen and oxygen atoms in total. The molecule has 1 atom stereocenters. The molecule has 106 valence electrons. The van der Waals surface area contributed by atoms with Gasteiger partial charge in [0, 0.05) is 11.6 Å². The fraction of sp³-hybridized carbons (Fsp3) is 0.250. The Balaban J connectivity index is 2.37. The van der Waals surface area contributed by atoms with Crippen LogP contribution in [0.15, 0.2) is 18.2 Å². The average Bonchev–Trinajstić information content (AvgIpc) is 2.42. The van der Waals surface area contributed by atoms with Crippen molar-refractivity contribution < 1.29 is 5.11 Å². The third kappa shape index (κ3) is 3.09. The number of rotatable bonds is 4. The normalized spacial score (nSPS) is 12.2. The number of nitrogens with one attached hydrogen (secondary N) is 1. The molecule has 0 aliphatic carbocycles. The van der Waals surface area contributed by atoms with Crippen molar-refractivity contribution >= 4 is 35.0 Å². The van der Waals surface area contributed by atoms with E-state index in [0.29, 0.717) is 21.3 Å². The van der Waals surface area contributed by atoms with Crippen molar-refractivity contribution in [2.75, 3.05) is 17.7 Å². The van der Waals surface area contributed by atoms with E-state index in [4.69, 9.17) is 34.0 Å². The Hall–Kier alpha value is -1.63. The topological polar surface area (TPSA) is 97.0 Å². The van der Waals surface area contributed by atoms with Crippen LogP contribution < -0.4 is 11.1 Å². The summed E-state index contributed by atoms with van der Waals surface area (Å²) in [6.07, 6.45) is 0. The number of anilines is 2. The summed E-state index contributed by atoms with van der Waals surface area (Å²) in [7, 11) is 0. The molecule has 2 rings (SSSR count). The number of aliphatic hydroxyl groups excluding tert-OH is 1. The Morgan fingerprint density at radius 3 is 2.75 bits per heavy atom. The van der Waals surface area contributed by atoms with Crippen molar-refractivity contribution in [1.29, 1.82) is 0 Å². The van der Waals surface area contributed by atoms with Crippen molar-refractivity contribution in [3.05, 3.63) is 28.2 Å². The molecule has 8 heteroatoms. The summed E-state index contributed by atoms with van der Waals surface area (Å²) in [4.78, 5) is 4.09. The Kier molecular flexibility index (Phi) is 4.59. The highest BCUT2D eigenvalue weighted by molar-refractivity contribution is 6.43. The van der Waals surface area contributed by atoms with Crippen LogP contribution in [0.4, 0.5) is 11.8 Å². The largest absolute Gasteiger partial charge is 0.394 e. The minimum atomic E-state index is -0.197. The molecule has 1 unspecified atom stereocenters. The van der Waals surface area contributed by atoms with Crippen molar-refractivity contribution in [3.8, 4) is 11.3 Å². The van der Waals surface area contributed by atoms with E-state index in [-0.39, 0.29) is 24.4 Å². The van der Waals surface area contributed by atoms with Crippen LogP contribution in [-0.2, 0) is 0 Å². The molecule has 0 radical (unpaired) electrons. The molecular weight excluding hydrogens is 301 g/mol. The summed E-state index contributed by atoms with van der Waals surface area (Å²) in [5.74, 6) is 0.419. The van der Waals surface area contributed by atoms with Gasteiger partial charge in [0.2, 0.25) is 5.95 Å². The van der Waals surface area contributed by atoms with Gasteiger partial charge in [-0.15, -0.1) is 10.2 Å². The van der Waals surface area contributed by atoms with E-state index in [1.165, 1.54) is 0 Å². The molecule has 0 aliphatic rings. The molecule has 0 aliphatic heterocycles. The van der Waals surface area contributed by atoms with Gasteiger partial charge in [0.1, 0.15) is 5.69 Å². The highest BCUT2D eigenvalue weighted by Gasteiger charge is 2.14. The van der Waals surface area contributed by atoms with E-state index < -0.39 is 0 Å².